The SMILES string of the molecule is O=C(NCCCC1CCCCC1)c1ccc[nH]c1=S. The second-order valence-electron chi connectivity index (χ2n) is 5.32. The van der Waals surface area contributed by atoms with Crippen molar-refractivity contribution in [1.29, 1.82) is 0 Å². The molecule has 1 aliphatic carbocycles. The van der Waals surface area contributed by atoms with E-state index in [1.807, 2.05) is 0 Å². The molecule has 1 saturated carbocycles. The van der Waals surface area contributed by atoms with Gasteiger partial charge < -0.3 is 10.3 Å². The zero-order valence-electron chi connectivity index (χ0n) is 11.3. The molecule has 0 aliphatic heterocycles. The smallest absolute Gasteiger partial charge is 0.254 e. The summed E-state index contributed by atoms with van der Waals surface area (Å²) in [5, 5.41) is 2.95. The molecule has 0 atom stereocenters. The van der Waals surface area contributed by atoms with E-state index in [0.29, 0.717) is 10.2 Å². The molecule has 1 aliphatic rings. The number of nitrogens with one attached hydrogen (secondary N) is 2. The monoisotopic (exact) mass is 278 g/mol. The fourth-order valence-electron chi connectivity index (χ4n) is 2.76. The number of aromatic amines is 1. The molecule has 1 aromatic heterocycles. The number of carbonyl (C=O) groups excluding carboxylic acids is 1. The second kappa shape index (κ2) is 7.43. The number of H-pyrrole nitrogens is 1. The lowest BCUT2D eigenvalue weighted by molar-refractivity contribution is 0.0951. The summed E-state index contributed by atoms with van der Waals surface area (Å²) in [5.74, 6) is 0.815. The molecule has 104 valence electrons. The molecule has 2 N–H and O–H groups in total. The summed E-state index contributed by atoms with van der Waals surface area (Å²) in [4.78, 5) is 14.8. The number of carbonyl (C=O) groups is 1. The third-order valence-corrected chi connectivity index (χ3v) is 4.20. The first-order valence-electron chi connectivity index (χ1n) is 7.23. The molecule has 1 aromatic rings. The summed E-state index contributed by atoms with van der Waals surface area (Å²) < 4.78 is 0.507. The number of aromatic nitrogens is 1. The van der Waals surface area contributed by atoms with Gasteiger partial charge in [0.05, 0.1) is 5.56 Å². The Morgan fingerprint density at radius 1 is 1.37 bits per heavy atom. The third kappa shape index (κ3) is 4.46. The van der Waals surface area contributed by atoms with Crippen molar-refractivity contribution in [2.75, 3.05) is 6.54 Å². The highest BCUT2D eigenvalue weighted by molar-refractivity contribution is 7.71. The van der Waals surface area contributed by atoms with Gasteiger partial charge in [-0.05, 0) is 30.9 Å². The van der Waals surface area contributed by atoms with Crippen molar-refractivity contribution >= 4 is 18.1 Å². The van der Waals surface area contributed by atoms with Gasteiger partial charge in [0.15, 0.2) is 0 Å². The summed E-state index contributed by atoms with van der Waals surface area (Å²) >= 11 is 5.09. The fourth-order valence-corrected chi connectivity index (χ4v) is 2.99. The van der Waals surface area contributed by atoms with Crippen LogP contribution >= 0.6 is 12.2 Å². The van der Waals surface area contributed by atoms with Crippen molar-refractivity contribution in [2.24, 2.45) is 5.92 Å². The lowest BCUT2D eigenvalue weighted by Gasteiger charge is -2.21. The van der Waals surface area contributed by atoms with E-state index in [4.69, 9.17) is 12.2 Å². The topological polar surface area (TPSA) is 44.9 Å². The zero-order valence-corrected chi connectivity index (χ0v) is 12.1. The zero-order chi connectivity index (χ0) is 13.5. The Balaban J connectivity index is 1.69. The van der Waals surface area contributed by atoms with Crippen LogP contribution in [0.15, 0.2) is 18.3 Å². The maximum atomic E-state index is 11.9. The lowest BCUT2D eigenvalue weighted by atomic mass is 9.86. The molecular weight excluding hydrogens is 256 g/mol. The normalized spacial score (nSPS) is 16.2. The van der Waals surface area contributed by atoms with Crippen molar-refractivity contribution in [3.05, 3.63) is 28.5 Å². The Morgan fingerprint density at radius 3 is 2.89 bits per heavy atom. The van der Waals surface area contributed by atoms with E-state index in [-0.39, 0.29) is 5.91 Å². The van der Waals surface area contributed by atoms with Gasteiger partial charge in [-0.15, -0.1) is 0 Å². The Hall–Kier alpha value is -1.16. The van der Waals surface area contributed by atoms with Crippen LogP contribution in [-0.2, 0) is 0 Å². The molecule has 0 spiro atoms. The van der Waals surface area contributed by atoms with E-state index < -0.39 is 0 Å². The van der Waals surface area contributed by atoms with E-state index >= 15 is 0 Å². The molecule has 0 aromatic carbocycles. The lowest BCUT2D eigenvalue weighted by Crippen LogP contribution is -2.25. The van der Waals surface area contributed by atoms with Gasteiger partial charge >= 0.3 is 0 Å². The Morgan fingerprint density at radius 2 is 2.16 bits per heavy atom. The molecule has 0 bridgehead atoms. The van der Waals surface area contributed by atoms with Crippen LogP contribution in [-0.4, -0.2) is 17.4 Å². The Kier molecular flexibility index (Phi) is 5.58. The van der Waals surface area contributed by atoms with E-state index in [0.717, 1.165) is 18.9 Å². The molecule has 19 heavy (non-hydrogen) atoms. The summed E-state index contributed by atoms with van der Waals surface area (Å²) in [6.45, 7) is 0.749. The molecule has 1 fully saturated rings. The van der Waals surface area contributed by atoms with Gasteiger partial charge in [-0.3, -0.25) is 4.79 Å². The molecule has 1 heterocycles. The summed E-state index contributed by atoms with van der Waals surface area (Å²) in [6.07, 6.45) is 11.0. The van der Waals surface area contributed by atoms with Gasteiger partial charge in [-0.1, -0.05) is 44.3 Å². The average Bonchev–Trinajstić information content (AvgIpc) is 2.45. The van der Waals surface area contributed by atoms with Gasteiger partial charge in [0, 0.05) is 12.7 Å². The van der Waals surface area contributed by atoms with Crippen LogP contribution in [0, 0.1) is 10.6 Å². The van der Waals surface area contributed by atoms with E-state index in [2.05, 4.69) is 10.3 Å². The van der Waals surface area contributed by atoms with Crippen molar-refractivity contribution in [1.82, 2.24) is 10.3 Å². The highest BCUT2D eigenvalue weighted by Crippen LogP contribution is 2.26. The molecule has 0 saturated heterocycles. The number of hydrogen-bond donors (Lipinski definition) is 2. The molecule has 3 nitrogen and oxygen atoms in total. The minimum atomic E-state index is -0.0644. The Labute approximate surface area is 119 Å². The first-order valence-corrected chi connectivity index (χ1v) is 7.64. The van der Waals surface area contributed by atoms with E-state index in [1.165, 1.54) is 38.5 Å². The maximum absolute atomic E-state index is 11.9. The summed E-state index contributed by atoms with van der Waals surface area (Å²) in [7, 11) is 0. The molecule has 1 amide bonds. The molecule has 4 heteroatoms. The third-order valence-electron chi connectivity index (χ3n) is 3.86. The molecule has 0 unspecified atom stereocenters. The maximum Gasteiger partial charge on any atom is 0.254 e. The minimum absolute atomic E-state index is 0.0644. The van der Waals surface area contributed by atoms with Crippen molar-refractivity contribution in [3.63, 3.8) is 0 Å². The molecule has 2 rings (SSSR count). The first kappa shape index (κ1) is 14.3. The van der Waals surface area contributed by atoms with Crippen LogP contribution in [0.2, 0.25) is 0 Å². The number of rotatable bonds is 5. The number of amides is 1. The molecular formula is C15H22N2OS. The van der Waals surface area contributed by atoms with Gasteiger partial charge in [-0.2, -0.15) is 0 Å². The Bertz CT molecular complexity index is 463. The first-order chi connectivity index (χ1) is 9.27. The van der Waals surface area contributed by atoms with Crippen LogP contribution in [0.1, 0.15) is 55.3 Å². The largest absolute Gasteiger partial charge is 0.352 e. The average molecular weight is 278 g/mol. The van der Waals surface area contributed by atoms with E-state index in [1.54, 1.807) is 18.3 Å². The van der Waals surface area contributed by atoms with Crippen molar-refractivity contribution in [3.8, 4) is 0 Å². The fraction of sp³-hybridized carbons (Fsp3) is 0.600. The van der Waals surface area contributed by atoms with Crippen LogP contribution in [0.3, 0.4) is 0 Å². The van der Waals surface area contributed by atoms with Crippen molar-refractivity contribution in [2.45, 2.75) is 44.9 Å². The second-order valence-corrected chi connectivity index (χ2v) is 5.72. The van der Waals surface area contributed by atoms with Crippen LogP contribution < -0.4 is 5.32 Å². The van der Waals surface area contributed by atoms with Crippen LogP contribution in [0.4, 0.5) is 0 Å². The highest BCUT2D eigenvalue weighted by Gasteiger charge is 2.13. The number of hydrogen-bond acceptors (Lipinski definition) is 2. The van der Waals surface area contributed by atoms with Gasteiger partial charge in [0.25, 0.3) is 5.91 Å². The molecule has 0 radical (unpaired) electrons. The standard InChI is InChI=1S/C15H22N2OS/c18-14(13-9-5-11-17-15(13)19)16-10-4-8-12-6-2-1-3-7-12/h5,9,11-12H,1-4,6-8,10H2,(H,16,18)(H,17,19). The van der Waals surface area contributed by atoms with Gasteiger partial charge in [0.2, 0.25) is 0 Å². The predicted octanol–water partition coefficient (Wildman–Crippen LogP) is 3.83. The van der Waals surface area contributed by atoms with Crippen molar-refractivity contribution < 1.29 is 4.79 Å². The van der Waals surface area contributed by atoms with Gasteiger partial charge in [0.1, 0.15) is 4.64 Å². The predicted molar refractivity (Wildman–Crippen MR) is 79.8 cm³/mol. The van der Waals surface area contributed by atoms with Crippen LogP contribution in [0.5, 0.6) is 0 Å². The summed E-state index contributed by atoms with van der Waals surface area (Å²) in [5.41, 5.74) is 0.565. The van der Waals surface area contributed by atoms with Gasteiger partial charge in [-0.25, -0.2) is 0 Å². The van der Waals surface area contributed by atoms with Crippen LogP contribution in [0.25, 0.3) is 0 Å². The summed E-state index contributed by atoms with van der Waals surface area (Å²) in [6, 6.07) is 3.56. The number of pyridine rings is 1. The van der Waals surface area contributed by atoms with E-state index in [9.17, 15) is 4.79 Å². The quantitative estimate of drug-likeness (QED) is 0.635. The highest BCUT2D eigenvalue weighted by atomic mass is 32.1. The minimum Gasteiger partial charge on any atom is -0.352 e.